The van der Waals surface area contributed by atoms with Crippen LogP contribution in [0.1, 0.15) is 46.3 Å². The summed E-state index contributed by atoms with van der Waals surface area (Å²) in [4.78, 5) is 30.6. The number of benzene rings is 2. The average Bonchev–Trinajstić information content (AvgIpc) is 2.84. The van der Waals surface area contributed by atoms with Crippen LogP contribution in [0.4, 0.5) is 10.2 Å². The third kappa shape index (κ3) is 5.44. The van der Waals surface area contributed by atoms with Crippen molar-refractivity contribution < 1.29 is 19.1 Å². The molecule has 1 aromatic heterocycles. The molecule has 1 saturated heterocycles. The monoisotopic (exact) mass is 496 g/mol. The van der Waals surface area contributed by atoms with Crippen molar-refractivity contribution in [2.75, 3.05) is 25.9 Å². The van der Waals surface area contributed by atoms with E-state index in [0.29, 0.717) is 41.1 Å². The smallest absolute Gasteiger partial charge is 0.254 e. The molecule has 9 heteroatoms. The number of hydrogen-bond donors (Lipinski definition) is 3. The van der Waals surface area contributed by atoms with Crippen LogP contribution >= 0.6 is 11.6 Å². The highest BCUT2D eigenvalue weighted by Crippen LogP contribution is 2.32. The van der Waals surface area contributed by atoms with Crippen molar-refractivity contribution in [1.29, 1.82) is 0 Å². The zero-order valence-corrected chi connectivity index (χ0v) is 19.9. The van der Waals surface area contributed by atoms with Crippen LogP contribution in [0, 0.1) is 5.82 Å². The molecule has 2 amide bonds. The van der Waals surface area contributed by atoms with E-state index in [9.17, 15) is 14.7 Å². The molecular weight excluding hydrogens is 471 g/mol. The highest BCUT2D eigenvalue weighted by Gasteiger charge is 2.25. The summed E-state index contributed by atoms with van der Waals surface area (Å²) in [5.41, 5.74) is 8.50. The second kappa shape index (κ2) is 10.4. The molecule has 35 heavy (non-hydrogen) atoms. The van der Waals surface area contributed by atoms with Crippen LogP contribution in [0.2, 0.25) is 5.02 Å². The summed E-state index contributed by atoms with van der Waals surface area (Å²) in [7, 11) is 1.77. The van der Waals surface area contributed by atoms with Gasteiger partial charge in [0.25, 0.3) is 5.91 Å². The lowest BCUT2D eigenvalue weighted by Crippen LogP contribution is -2.35. The number of aliphatic hydroxyl groups is 1. The van der Waals surface area contributed by atoms with Gasteiger partial charge in [0.2, 0.25) is 5.91 Å². The van der Waals surface area contributed by atoms with Crippen LogP contribution in [0.25, 0.3) is 11.1 Å². The number of likely N-dealkylation sites (tertiary alicyclic amines) is 1. The van der Waals surface area contributed by atoms with E-state index in [4.69, 9.17) is 17.3 Å². The van der Waals surface area contributed by atoms with Crippen LogP contribution in [0.5, 0.6) is 0 Å². The topological polar surface area (TPSA) is 109 Å². The summed E-state index contributed by atoms with van der Waals surface area (Å²) in [5, 5.41) is 12.8. The van der Waals surface area contributed by atoms with Crippen LogP contribution < -0.4 is 11.1 Å². The van der Waals surface area contributed by atoms with E-state index in [-0.39, 0.29) is 29.8 Å². The minimum atomic E-state index is -0.739. The normalized spacial score (nSPS) is 16.7. The maximum Gasteiger partial charge on any atom is 0.254 e. The number of hydrogen-bond acceptors (Lipinski definition) is 5. The Hall–Kier alpha value is -3.49. The van der Waals surface area contributed by atoms with Gasteiger partial charge >= 0.3 is 0 Å². The Balaban J connectivity index is 1.56. The molecule has 1 aliphatic rings. The zero-order chi connectivity index (χ0) is 25.1. The van der Waals surface area contributed by atoms with Crippen LogP contribution in [0.3, 0.4) is 0 Å². The third-order valence-corrected chi connectivity index (χ3v) is 6.54. The fraction of sp³-hybridized carbons (Fsp3) is 0.269. The number of pyridine rings is 1. The highest BCUT2D eigenvalue weighted by atomic mass is 35.5. The molecule has 1 aliphatic heterocycles. The quantitative estimate of drug-likeness (QED) is 0.479. The molecular formula is C26H26ClFN4O3. The molecule has 4 rings (SSSR count). The predicted molar refractivity (Wildman–Crippen MR) is 132 cm³/mol. The number of likely N-dealkylation sites (N-methyl/N-ethyl adjacent to an activating group) is 1. The number of rotatable bonds is 6. The number of carbonyl (C=O) groups excluding carboxylic acids is 2. The maximum absolute atomic E-state index is 15.0. The van der Waals surface area contributed by atoms with Gasteiger partial charge in [0.05, 0.1) is 18.2 Å². The molecule has 0 spiro atoms. The standard InChI is InChI=1S/C26H26ClFN4O3/c1-32-13-17(6-8-24(32)34)18-10-21(25(29)30-12-18)15-5-7-20(22(28)11-15)26(35)31-23(14-33)16-3-2-4-19(27)9-16/h2-5,7,9-12,17,23,33H,6,8,13-14H2,1H3,(H2,29,30)(H,31,35). The number of halogens is 2. The predicted octanol–water partition coefficient (Wildman–Crippen LogP) is 3.92. The Morgan fingerprint density at radius 1 is 1.31 bits per heavy atom. The van der Waals surface area contributed by atoms with Crippen LogP contribution in [-0.2, 0) is 4.79 Å². The minimum Gasteiger partial charge on any atom is -0.394 e. The Morgan fingerprint density at radius 3 is 2.80 bits per heavy atom. The zero-order valence-electron chi connectivity index (χ0n) is 19.2. The third-order valence-electron chi connectivity index (χ3n) is 6.30. The average molecular weight is 497 g/mol. The lowest BCUT2D eigenvalue weighted by Gasteiger charge is -2.30. The molecule has 2 unspecified atom stereocenters. The molecule has 4 N–H and O–H groups in total. The summed E-state index contributed by atoms with van der Waals surface area (Å²) >= 11 is 6.00. The largest absolute Gasteiger partial charge is 0.394 e. The second-order valence-corrected chi connectivity index (χ2v) is 9.11. The van der Waals surface area contributed by atoms with Gasteiger partial charge in [0, 0.05) is 42.7 Å². The molecule has 0 saturated carbocycles. The van der Waals surface area contributed by atoms with Crippen molar-refractivity contribution in [2.24, 2.45) is 0 Å². The molecule has 1 fully saturated rings. The fourth-order valence-corrected chi connectivity index (χ4v) is 4.49. The Morgan fingerprint density at radius 2 is 2.11 bits per heavy atom. The van der Waals surface area contributed by atoms with Crippen molar-refractivity contribution >= 4 is 29.2 Å². The summed E-state index contributed by atoms with van der Waals surface area (Å²) < 4.78 is 15.0. The Bertz CT molecular complexity index is 1270. The Kier molecular flexibility index (Phi) is 7.33. The number of carbonyl (C=O) groups is 2. The number of nitrogens with zero attached hydrogens (tertiary/aromatic N) is 2. The molecule has 2 atom stereocenters. The van der Waals surface area contributed by atoms with Crippen LogP contribution in [-0.4, -0.2) is 47.0 Å². The van der Waals surface area contributed by atoms with Crippen molar-refractivity contribution in [3.63, 3.8) is 0 Å². The number of amides is 2. The van der Waals surface area contributed by atoms with Gasteiger partial charge in [0.15, 0.2) is 0 Å². The minimum absolute atomic E-state index is 0.111. The molecule has 0 aliphatic carbocycles. The van der Waals surface area contributed by atoms with Gasteiger partial charge in [-0.25, -0.2) is 9.37 Å². The molecule has 2 aromatic carbocycles. The molecule has 2 heterocycles. The fourth-order valence-electron chi connectivity index (χ4n) is 4.29. The second-order valence-electron chi connectivity index (χ2n) is 8.67. The summed E-state index contributed by atoms with van der Waals surface area (Å²) in [6.45, 7) is 0.207. The first kappa shape index (κ1) is 24.6. The first-order valence-corrected chi connectivity index (χ1v) is 11.6. The van der Waals surface area contributed by atoms with Crippen molar-refractivity contribution in [3.05, 3.63) is 82.3 Å². The number of nitrogens with two attached hydrogens (primary N) is 1. The lowest BCUT2D eigenvalue weighted by atomic mass is 9.90. The van der Waals surface area contributed by atoms with Crippen LogP contribution in [0.15, 0.2) is 54.7 Å². The number of anilines is 1. The molecule has 7 nitrogen and oxygen atoms in total. The van der Waals surface area contributed by atoms with Gasteiger partial charge in [-0.2, -0.15) is 0 Å². The number of aliphatic hydroxyl groups excluding tert-OH is 1. The van der Waals surface area contributed by atoms with Gasteiger partial charge in [-0.05, 0) is 53.4 Å². The Labute approximate surface area is 207 Å². The number of nitrogen functional groups attached to an aromatic ring is 1. The molecule has 3 aromatic rings. The first-order chi connectivity index (χ1) is 16.8. The number of aromatic nitrogens is 1. The van der Waals surface area contributed by atoms with E-state index in [1.54, 1.807) is 48.5 Å². The van der Waals surface area contributed by atoms with E-state index in [1.165, 1.54) is 12.1 Å². The van der Waals surface area contributed by atoms with Gasteiger partial charge < -0.3 is 21.1 Å². The van der Waals surface area contributed by atoms with Crippen molar-refractivity contribution in [2.45, 2.75) is 24.8 Å². The van der Waals surface area contributed by atoms with E-state index >= 15 is 4.39 Å². The lowest BCUT2D eigenvalue weighted by molar-refractivity contribution is -0.132. The van der Waals surface area contributed by atoms with E-state index < -0.39 is 17.8 Å². The van der Waals surface area contributed by atoms with Gasteiger partial charge in [0.1, 0.15) is 11.6 Å². The highest BCUT2D eigenvalue weighted by molar-refractivity contribution is 6.30. The first-order valence-electron chi connectivity index (χ1n) is 11.2. The van der Waals surface area contributed by atoms with E-state index in [2.05, 4.69) is 10.3 Å². The summed E-state index contributed by atoms with van der Waals surface area (Å²) in [6, 6.07) is 12.1. The maximum atomic E-state index is 15.0. The number of piperidine rings is 1. The van der Waals surface area contributed by atoms with Gasteiger partial charge in [-0.1, -0.05) is 29.8 Å². The summed E-state index contributed by atoms with van der Waals surface area (Å²) in [6.07, 6.45) is 2.86. The summed E-state index contributed by atoms with van der Waals surface area (Å²) in [5.74, 6) is -0.925. The van der Waals surface area contributed by atoms with Gasteiger partial charge in [-0.15, -0.1) is 0 Å². The molecule has 182 valence electrons. The van der Waals surface area contributed by atoms with E-state index in [0.717, 1.165) is 5.56 Å². The van der Waals surface area contributed by atoms with Crippen molar-refractivity contribution in [1.82, 2.24) is 15.2 Å². The SMILES string of the molecule is CN1CC(c2cnc(N)c(-c3ccc(C(=O)NC(CO)c4cccc(Cl)c4)c(F)c3)c2)CCC1=O. The van der Waals surface area contributed by atoms with Gasteiger partial charge in [-0.3, -0.25) is 9.59 Å². The molecule has 0 bridgehead atoms. The number of nitrogens with one attached hydrogen (secondary N) is 1. The molecule has 0 radical (unpaired) electrons. The van der Waals surface area contributed by atoms with Crippen molar-refractivity contribution in [3.8, 4) is 11.1 Å². The van der Waals surface area contributed by atoms with E-state index in [1.807, 2.05) is 6.07 Å².